The van der Waals surface area contributed by atoms with Gasteiger partial charge in [-0.15, -0.1) is 0 Å². The van der Waals surface area contributed by atoms with E-state index >= 15 is 0 Å². The van der Waals surface area contributed by atoms with Crippen molar-refractivity contribution in [1.29, 1.82) is 0 Å². The molecule has 1 saturated carbocycles. The third-order valence-corrected chi connectivity index (χ3v) is 4.17. The topological polar surface area (TPSA) is 15.3 Å². The van der Waals surface area contributed by atoms with E-state index in [9.17, 15) is 0 Å². The van der Waals surface area contributed by atoms with E-state index in [1.807, 2.05) is 0 Å². The molecule has 1 aliphatic carbocycles. The van der Waals surface area contributed by atoms with Gasteiger partial charge in [0.25, 0.3) is 0 Å². The SMILES string of the molecule is CCNCCc1ccc(CN(CC2CC2)C(C)C)cc1. The first-order chi connectivity index (χ1) is 9.69. The van der Waals surface area contributed by atoms with Crippen molar-refractivity contribution in [3.05, 3.63) is 35.4 Å². The van der Waals surface area contributed by atoms with Gasteiger partial charge in [0.05, 0.1) is 0 Å². The molecule has 1 aromatic carbocycles. The van der Waals surface area contributed by atoms with Gasteiger partial charge in [0.15, 0.2) is 0 Å². The summed E-state index contributed by atoms with van der Waals surface area (Å²) in [7, 11) is 0. The molecule has 112 valence electrons. The molecular formula is C18H30N2. The van der Waals surface area contributed by atoms with Gasteiger partial charge in [0, 0.05) is 19.1 Å². The van der Waals surface area contributed by atoms with E-state index in [-0.39, 0.29) is 0 Å². The number of nitrogens with zero attached hydrogens (tertiary/aromatic N) is 1. The maximum atomic E-state index is 3.38. The number of hydrogen-bond acceptors (Lipinski definition) is 2. The van der Waals surface area contributed by atoms with Crippen LogP contribution in [-0.2, 0) is 13.0 Å². The molecule has 0 spiro atoms. The predicted molar refractivity (Wildman–Crippen MR) is 87.0 cm³/mol. The smallest absolute Gasteiger partial charge is 0.0236 e. The summed E-state index contributed by atoms with van der Waals surface area (Å²) in [6.07, 6.45) is 4.00. The third kappa shape index (κ3) is 5.26. The second kappa shape index (κ2) is 7.80. The van der Waals surface area contributed by atoms with E-state index in [0.29, 0.717) is 6.04 Å². The molecule has 1 fully saturated rings. The van der Waals surface area contributed by atoms with E-state index in [1.54, 1.807) is 0 Å². The monoisotopic (exact) mass is 274 g/mol. The van der Waals surface area contributed by atoms with Gasteiger partial charge in [0.2, 0.25) is 0 Å². The first kappa shape index (κ1) is 15.5. The maximum absolute atomic E-state index is 3.38. The molecule has 1 aromatic rings. The van der Waals surface area contributed by atoms with Crippen molar-refractivity contribution in [3.63, 3.8) is 0 Å². The van der Waals surface area contributed by atoms with E-state index < -0.39 is 0 Å². The van der Waals surface area contributed by atoms with Crippen LogP contribution in [0.5, 0.6) is 0 Å². The van der Waals surface area contributed by atoms with Crippen molar-refractivity contribution in [3.8, 4) is 0 Å². The Morgan fingerprint density at radius 1 is 1.15 bits per heavy atom. The van der Waals surface area contributed by atoms with Gasteiger partial charge in [-0.05, 0) is 63.2 Å². The summed E-state index contributed by atoms with van der Waals surface area (Å²) in [6.45, 7) is 11.3. The fourth-order valence-electron chi connectivity index (χ4n) is 2.55. The van der Waals surface area contributed by atoms with E-state index in [2.05, 4.69) is 55.3 Å². The molecule has 0 amide bonds. The third-order valence-electron chi connectivity index (χ3n) is 4.17. The van der Waals surface area contributed by atoms with Crippen molar-refractivity contribution in [2.75, 3.05) is 19.6 Å². The molecule has 2 rings (SSSR count). The second-order valence-electron chi connectivity index (χ2n) is 6.39. The van der Waals surface area contributed by atoms with Crippen LogP contribution in [0.4, 0.5) is 0 Å². The summed E-state index contributed by atoms with van der Waals surface area (Å²) in [6, 6.07) is 9.85. The predicted octanol–water partition coefficient (Wildman–Crippen LogP) is 3.46. The van der Waals surface area contributed by atoms with Crippen LogP contribution in [-0.4, -0.2) is 30.6 Å². The van der Waals surface area contributed by atoms with Gasteiger partial charge in [0.1, 0.15) is 0 Å². The van der Waals surface area contributed by atoms with Gasteiger partial charge < -0.3 is 5.32 Å². The first-order valence-electron chi connectivity index (χ1n) is 8.21. The Kier molecular flexibility index (Phi) is 6.06. The molecule has 0 atom stereocenters. The number of benzene rings is 1. The van der Waals surface area contributed by atoms with E-state index in [0.717, 1.165) is 32.0 Å². The van der Waals surface area contributed by atoms with Crippen LogP contribution in [0.3, 0.4) is 0 Å². The largest absolute Gasteiger partial charge is 0.317 e. The zero-order valence-corrected chi connectivity index (χ0v) is 13.4. The Balaban J connectivity index is 1.84. The second-order valence-corrected chi connectivity index (χ2v) is 6.39. The molecule has 0 aromatic heterocycles. The van der Waals surface area contributed by atoms with Crippen molar-refractivity contribution < 1.29 is 0 Å². The highest BCUT2D eigenvalue weighted by Gasteiger charge is 2.25. The normalized spacial score (nSPS) is 15.2. The van der Waals surface area contributed by atoms with Gasteiger partial charge in [-0.1, -0.05) is 31.2 Å². The van der Waals surface area contributed by atoms with Gasteiger partial charge in [-0.3, -0.25) is 4.90 Å². The van der Waals surface area contributed by atoms with Gasteiger partial charge in [-0.25, -0.2) is 0 Å². The first-order valence-corrected chi connectivity index (χ1v) is 8.21. The molecule has 1 aliphatic rings. The molecular weight excluding hydrogens is 244 g/mol. The molecule has 0 aliphatic heterocycles. The molecule has 0 heterocycles. The molecule has 1 N–H and O–H groups in total. The van der Waals surface area contributed by atoms with Gasteiger partial charge in [-0.2, -0.15) is 0 Å². The molecule has 0 saturated heterocycles. The summed E-state index contributed by atoms with van der Waals surface area (Å²) in [4.78, 5) is 2.62. The van der Waals surface area contributed by atoms with Crippen LogP contribution in [0.15, 0.2) is 24.3 Å². The lowest BCUT2D eigenvalue weighted by Gasteiger charge is -2.26. The molecule has 0 radical (unpaired) electrons. The van der Waals surface area contributed by atoms with Crippen LogP contribution in [0, 0.1) is 5.92 Å². The Morgan fingerprint density at radius 3 is 2.35 bits per heavy atom. The highest BCUT2D eigenvalue weighted by atomic mass is 15.1. The minimum absolute atomic E-state index is 0.643. The van der Waals surface area contributed by atoms with Crippen LogP contribution in [0.1, 0.15) is 44.7 Å². The highest BCUT2D eigenvalue weighted by molar-refractivity contribution is 5.22. The van der Waals surface area contributed by atoms with E-state index in [4.69, 9.17) is 0 Å². The lowest BCUT2D eigenvalue weighted by Crippen LogP contribution is -2.32. The zero-order valence-electron chi connectivity index (χ0n) is 13.4. The average Bonchev–Trinajstić information content (AvgIpc) is 3.24. The van der Waals surface area contributed by atoms with Crippen LogP contribution in [0.2, 0.25) is 0 Å². The summed E-state index contributed by atoms with van der Waals surface area (Å²) in [5, 5.41) is 3.38. The minimum atomic E-state index is 0.643. The van der Waals surface area contributed by atoms with Crippen LogP contribution < -0.4 is 5.32 Å². The highest BCUT2D eigenvalue weighted by Crippen LogP contribution is 2.30. The van der Waals surface area contributed by atoms with Gasteiger partial charge >= 0.3 is 0 Å². The summed E-state index contributed by atoms with van der Waals surface area (Å²) < 4.78 is 0. The standard InChI is InChI=1S/C18H30N2/c1-4-19-12-11-16-5-7-17(8-6-16)13-20(15(2)3)14-18-9-10-18/h5-8,15,18-19H,4,9-14H2,1-3H3. The summed E-state index contributed by atoms with van der Waals surface area (Å²) in [5.74, 6) is 0.969. The summed E-state index contributed by atoms with van der Waals surface area (Å²) >= 11 is 0. The Bertz CT molecular complexity index is 379. The fraction of sp³-hybridized carbons (Fsp3) is 0.667. The number of likely N-dealkylation sites (N-methyl/N-ethyl adjacent to an activating group) is 1. The Hall–Kier alpha value is -0.860. The maximum Gasteiger partial charge on any atom is 0.0236 e. The fourth-order valence-corrected chi connectivity index (χ4v) is 2.55. The number of rotatable bonds is 9. The molecule has 2 heteroatoms. The molecule has 2 nitrogen and oxygen atoms in total. The van der Waals surface area contributed by atoms with E-state index in [1.165, 1.54) is 30.5 Å². The van der Waals surface area contributed by atoms with Crippen molar-refractivity contribution in [1.82, 2.24) is 10.2 Å². The van der Waals surface area contributed by atoms with Crippen molar-refractivity contribution in [2.24, 2.45) is 5.92 Å². The Labute approximate surface area is 124 Å². The quantitative estimate of drug-likeness (QED) is 0.694. The molecule has 0 unspecified atom stereocenters. The van der Waals surface area contributed by atoms with Crippen molar-refractivity contribution >= 4 is 0 Å². The zero-order chi connectivity index (χ0) is 14.4. The lowest BCUT2D eigenvalue weighted by atomic mass is 10.1. The van der Waals surface area contributed by atoms with Crippen molar-refractivity contribution in [2.45, 2.75) is 52.6 Å². The summed E-state index contributed by atoms with van der Waals surface area (Å²) in [5.41, 5.74) is 2.89. The lowest BCUT2D eigenvalue weighted by molar-refractivity contribution is 0.204. The Morgan fingerprint density at radius 2 is 1.80 bits per heavy atom. The van der Waals surface area contributed by atoms with Crippen LogP contribution >= 0.6 is 0 Å². The molecule has 0 bridgehead atoms. The van der Waals surface area contributed by atoms with Crippen LogP contribution in [0.25, 0.3) is 0 Å². The molecule has 20 heavy (non-hydrogen) atoms. The minimum Gasteiger partial charge on any atom is -0.317 e. The average molecular weight is 274 g/mol. The number of nitrogens with one attached hydrogen (secondary N) is 1. The number of hydrogen-bond donors (Lipinski definition) is 1.